The molecule has 0 aliphatic heterocycles. The summed E-state index contributed by atoms with van der Waals surface area (Å²) >= 11 is 4.98. The monoisotopic (exact) mass is 290 g/mol. The molecule has 0 aliphatic carbocycles. The second-order valence-corrected chi connectivity index (χ2v) is 5.79. The third-order valence-corrected chi connectivity index (χ3v) is 3.90. The Kier molecular flexibility index (Phi) is 5.28. The van der Waals surface area contributed by atoms with Gasteiger partial charge in [-0.2, -0.15) is 0 Å². The van der Waals surface area contributed by atoms with Gasteiger partial charge in [0.25, 0.3) is 0 Å². The molecular formula is C10H15BrN2OS. The van der Waals surface area contributed by atoms with Gasteiger partial charge >= 0.3 is 0 Å². The zero-order chi connectivity index (χ0) is 11.3. The van der Waals surface area contributed by atoms with Crippen molar-refractivity contribution in [1.29, 1.82) is 0 Å². The molecule has 0 bridgehead atoms. The van der Waals surface area contributed by atoms with Gasteiger partial charge in [-0.05, 0) is 48.0 Å². The molecule has 0 radical (unpaired) electrons. The highest BCUT2D eigenvalue weighted by Crippen LogP contribution is 2.28. The van der Waals surface area contributed by atoms with E-state index in [0.717, 1.165) is 15.1 Å². The van der Waals surface area contributed by atoms with Gasteiger partial charge in [-0.1, -0.05) is 0 Å². The number of amides is 1. The van der Waals surface area contributed by atoms with Crippen LogP contribution in [0, 0.1) is 0 Å². The van der Waals surface area contributed by atoms with E-state index in [2.05, 4.69) is 21.2 Å². The minimum Gasteiger partial charge on any atom is -0.356 e. The fourth-order valence-electron chi connectivity index (χ4n) is 1.16. The first kappa shape index (κ1) is 12.7. The number of hydrogen-bond donors (Lipinski definition) is 2. The molecule has 3 N–H and O–H groups in total. The number of rotatable bonds is 5. The van der Waals surface area contributed by atoms with Crippen molar-refractivity contribution in [3.8, 4) is 0 Å². The van der Waals surface area contributed by atoms with Crippen LogP contribution in [0.3, 0.4) is 0 Å². The predicted molar refractivity (Wildman–Crippen MR) is 67.1 cm³/mol. The van der Waals surface area contributed by atoms with Gasteiger partial charge in [-0.15, -0.1) is 11.3 Å². The molecule has 0 fully saturated rings. The van der Waals surface area contributed by atoms with Crippen LogP contribution in [-0.4, -0.2) is 19.0 Å². The summed E-state index contributed by atoms with van der Waals surface area (Å²) in [5, 5.41) is 2.86. The zero-order valence-electron chi connectivity index (χ0n) is 8.63. The van der Waals surface area contributed by atoms with E-state index in [0.29, 0.717) is 13.1 Å². The van der Waals surface area contributed by atoms with E-state index in [-0.39, 0.29) is 11.8 Å². The van der Waals surface area contributed by atoms with Gasteiger partial charge in [0.2, 0.25) is 5.91 Å². The Labute approximate surface area is 102 Å². The molecule has 0 aliphatic rings. The van der Waals surface area contributed by atoms with Gasteiger partial charge in [0.1, 0.15) is 0 Å². The van der Waals surface area contributed by atoms with E-state index in [1.54, 1.807) is 11.3 Å². The molecule has 0 aromatic carbocycles. The van der Waals surface area contributed by atoms with Crippen molar-refractivity contribution in [2.45, 2.75) is 19.3 Å². The van der Waals surface area contributed by atoms with Gasteiger partial charge in [-0.3, -0.25) is 4.79 Å². The van der Waals surface area contributed by atoms with E-state index in [1.807, 2.05) is 19.1 Å². The van der Waals surface area contributed by atoms with Gasteiger partial charge in [0.05, 0.1) is 9.70 Å². The number of halogens is 1. The molecule has 1 aromatic heterocycles. The average molecular weight is 291 g/mol. The normalized spacial score (nSPS) is 12.5. The predicted octanol–water partition coefficient (Wildman–Crippen LogP) is 2.08. The second-order valence-electron chi connectivity index (χ2n) is 3.30. The van der Waals surface area contributed by atoms with Crippen molar-refractivity contribution < 1.29 is 4.79 Å². The summed E-state index contributed by atoms with van der Waals surface area (Å²) in [6.45, 7) is 3.18. The van der Waals surface area contributed by atoms with Gasteiger partial charge in [0.15, 0.2) is 0 Å². The van der Waals surface area contributed by atoms with Crippen LogP contribution < -0.4 is 11.1 Å². The van der Waals surface area contributed by atoms with Crippen LogP contribution in [0.1, 0.15) is 24.1 Å². The molecule has 1 heterocycles. The first-order chi connectivity index (χ1) is 7.15. The maximum Gasteiger partial charge on any atom is 0.228 e. The van der Waals surface area contributed by atoms with Crippen molar-refractivity contribution in [3.05, 3.63) is 20.8 Å². The first-order valence-electron chi connectivity index (χ1n) is 4.88. The van der Waals surface area contributed by atoms with Crippen molar-refractivity contribution >= 4 is 33.2 Å². The fourth-order valence-corrected chi connectivity index (χ4v) is 2.63. The first-order valence-corrected chi connectivity index (χ1v) is 6.49. The van der Waals surface area contributed by atoms with Crippen LogP contribution in [0.4, 0.5) is 0 Å². The van der Waals surface area contributed by atoms with Crippen LogP contribution in [0.15, 0.2) is 15.9 Å². The smallest absolute Gasteiger partial charge is 0.228 e. The molecule has 1 aromatic rings. The summed E-state index contributed by atoms with van der Waals surface area (Å²) in [7, 11) is 0. The summed E-state index contributed by atoms with van der Waals surface area (Å²) in [5.41, 5.74) is 5.35. The third-order valence-electron chi connectivity index (χ3n) is 2.09. The molecule has 0 spiro atoms. The SMILES string of the molecule is CC(C(=O)NCCCN)c1ccc(Br)s1. The molecule has 1 atom stereocenters. The number of hydrogen-bond acceptors (Lipinski definition) is 3. The lowest BCUT2D eigenvalue weighted by molar-refractivity contribution is -0.122. The number of carbonyl (C=O) groups excluding carboxylic acids is 1. The van der Waals surface area contributed by atoms with Crippen LogP contribution >= 0.6 is 27.3 Å². The standard InChI is InChI=1S/C10H15BrN2OS/c1-7(8-3-4-9(11)15-8)10(14)13-6-2-5-12/h3-4,7H,2,5-6,12H2,1H3,(H,13,14). The third kappa shape index (κ3) is 3.93. The van der Waals surface area contributed by atoms with Gasteiger partial charge in [0, 0.05) is 11.4 Å². The van der Waals surface area contributed by atoms with Crippen molar-refractivity contribution in [2.75, 3.05) is 13.1 Å². The lowest BCUT2D eigenvalue weighted by Gasteiger charge is -2.09. The van der Waals surface area contributed by atoms with Crippen molar-refractivity contribution in [1.82, 2.24) is 5.32 Å². The summed E-state index contributed by atoms with van der Waals surface area (Å²) < 4.78 is 1.05. The van der Waals surface area contributed by atoms with Crippen LogP contribution in [0.2, 0.25) is 0 Å². The highest BCUT2D eigenvalue weighted by Gasteiger charge is 2.16. The van der Waals surface area contributed by atoms with E-state index in [1.165, 1.54) is 0 Å². The molecular weight excluding hydrogens is 276 g/mol. The molecule has 3 nitrogen and oxygen atoms in total. The lowest BCUT2D eigenvalue weighted by atomic mass is 10.1. The molecule has 5 heteroatoms. The van der Waals surface area contributed by atoms with E-state index >= 15 is 0 Å². The summed E-state index contributed by atoms with van der Waals surface area (Å²) in [4.78, 5) is 12.7. The highest BCUT2D eigenvalue weighted by atomic mass is 79.9. The van der Waals surface area contributed by atoms with Crippen molar-refractivity contribution in [2.24, 2.45) is 5.73 Å². The lowest BCUT2D eigenvalue weighted by Crippen LogP contribution is -2.29. The van der Waals surface area contributed by atoms with Crippen LogP contribution in [0.5, 0.6) is 0 Å². The zero-order valence-corrected chi connectivity index (χ0v) is 11.0. The maximum atomic E-state index is 11.7. The Morgan fingerprint density at radius 3 is 2.93 bits per heavy atom. The topological polar surface area (TPSA) is 55.1 Å². The summed E-state index contributed by atoms with van der Waals surface area (Å²) in [5.74, 6) is -0.0168. The number of thiophene rings is 1. The Bertz CT molecular complexity index is 327. The van der Waals surface area contributed by atoms with E-state index in [4.69, 9.17) is 5.73 Å². The Morgan fingerprint density at radius 1 is 1.67 bits per heavy atom. The van der Waals surface area contributed by atoms with Crippen LogP contribution in [-0.2, 0) is 4.79 Å². The van der Waals surface area contributed by atoms with E-state index < -0.39 is 0 Å². The summed E-state index contributed by atoms with van der Waals surface area (Å²) in [6, 6.07) is 3.94. The Balaban J connectivity index is 2.46. The van der Waals surface area contributed by atoms with Crippen LogP contribution in [0.25, 0.3) is 0 Å². The Morgan fingerprint density at radius 2 is 2.40 bits per heavy atom. The second kappa shape index (κ2) is 6.25. The molecule has 1 amide bonds. The number of nitrogens with two attached hydrogens (primary N) is 1. The Hall–Kier alpha value is -0.390. The maximum absolute atomic E-state index is 11.7. The molecule has 0 saturated heterocycles. The average Bonchev–Trinajstić information content (AvgIpc) is 2.64. The molecule has 1 rings (SSSR count). The highest BCUT2D eigenvalue weighted by molar-refractivity contribution is 9.11. The van der Waals surface area contributed by atoms with Gasteiger partial charge in [-0.25, -0.2) is 0 Å². The minimum absolute atomic E-state index is 0.0674. The minimum atomic E-state index is -0.0842. The van der Waals surface area contributed by atoms with Crippen molar-refractivity contribution in [3.63, 3.8) is 0 Å². The summed E-state index contributed by atoms with van der Waals surface area (Å²) in [6.07, 6.45) is 0.826. The molecule has 1 unspecified atom stereocenters. The fraction of sp³-hybridized carbons (Fsp3) is 0.500. The van der Waals surface area contributed by atoms with E-state index in [9.17, 15) is 4.79 Å². The largest absolute Gasteiger partial charge is 0.356 e. The molecule has 0 saturated carbocycles. The molecule has 84 valence electrons. The number of nitrogens with one attached hydrogen (secondary N) is 1. The quantitative estimate of drug-likeness (QED) is 0.816. The van der Waals surface area contributed by atoms with Gasteiger partial charge < -0.3 is 11.1 Å². The number of carbonyl (C=O) groups is 1. The molecule has 15 heavy (non-hydrogen) atoms.